The molecule has 0 spiro atoms. The lowest BCUT2D eigenvalue weighted by Crippen LogP contribution is -2.34. The molecule has 1 saturated heterocycles. The zero-order valence-electron chi connectivity index (χ0n) is 8.26. The molecule has 0 aromatic heterocycles. The van der Waals surface area contributed by atoms with Crippen molar-refractivity contribution in [3.63, 3.8) is 0 Å². The third kappa shape index (κ3) is 1.79. The molecule has 0 bridgehead atoms. The van der Waals surface area contributed by atoms with Crippen molar-refractivity contribution in [1.29, 1.82) is 0 Å². The van der Waals surface area contributed by atoms with Gasteiger partial charge < -0.3 is 10.0 Å². The second-order valence-electron chi connectivity index (χ2n) is 3.59. The molecule has 3 nitrogen and oxygen atoms in total. The van der Waals surface area contributed by atoms with Crippen molar-refractivity contribution >= 4 is 35.0 Å². The number of aliphatic hydroxyl groups is 1. The van der Waals surface area contributed by atoms with Crippen LogP contribution in [-0.2, 0) is 6.54 Å². The van der Waals surface area contributed by atoms with E-state index in [1.807, 2.05) is 4.90 Å². The Labute approximate surface area is 103 Å². The molecule has 2 aliphatic heterocycles. The van der Waals surface area contributed by atoms with E-state index in [9.17, 15) is 9.50 Å². The van der Waals surface area contributed by atoms with Crippen molar-refractivity contribution in [2.24, 2.45) is 4.99 Å². The minimum Gasteiger partial charge on any atom is -0.373 e. The first-order valence-electron chi connectivity index (χ1n) is 4.69. The Hall–Kier alpha value is -0.780. The van der Waals surface area contributed by atoms with Gasteiger partial charge in [-0.25, -0.2) is 9.38 Å². The maximum absolute atomic E-state index is 13.0. The highest BCUT2D eigenvalue weighted by atomic mass is 35.5. The Morgan fingerprint density at radius 2 is 2.31 bits per heavy atom. The van der Waals surface area contributed by atoms with E-state index in [2.05, 4.69) is 4.99 Å². The number of benzene rings is 1. The normalized spacial score (nSPS) is 22.0. The number of aliphatic hydroxyl groups excluding tert-OH is 1. The third-order valence-corrected chi connectivity index (χ3v) is 3.62. The van der Waals surface area contributed by atoms with Gasteiger partial charge >= 0.3 is 0 Å². The third-order valence-electron chi connectivity index (χ3n) is 2.57. The molecule has 3 rings (SSSR count). The standard InChI is InChI=1S/C10H9FN2OS.ClH/c11-7-2-1-6-4-13-9(14)5-15-10(13)12-8(6)3-7;/h1-3,9,14H,4-5H2;1H. The average Bonchev–Trinajstić information content (AvgIpc) is 2.57. The van der Waals surface area contributed by atoms with E-state index in [1.54, 1.807) is 6.07 Å². The molecule has 16 heavy (non-hydrogen) atoms. The van der Waals surface area contributed by atoms with Crippen LogP contribution in [0, 0.1) is 5.82 Å². The van der Waals surface area contributed by atoms with Crippen LogP contribution in [0.2, 0.25) is 0 Å². The second-order valence-corrected chi connectivity index (χ2v) is 4.57. The average molecular weight is 261 g/mol. The van der Waals surface area contributed by atoms with Gasteiger partial charge in [-0.05, 0) is 17.7 Å². The number of aliphatic imine (C=N–C) groups is 1. The zero-order valence-corrected chi connectivity index (χ0v) is 9.89. The van der Waals surface area contributed by atoms with Crippen molar-refractivity contribution in [1.82, 2.24) is 4.90 Å². The predicted octanol–water partition coefficient (Wildman–Crippen LogP) is 2.12. The first-order chi connectivity index (χ1) is 7.24. The van der Waals surface area contributed by atoms with Crippen LogP contribution in [0.4, 0.5) is 10.1 Å². The molecule has 86 valence electrons. The number of hydrogen-bond donors (Lipinski definition) is 1. The second kappa shape index (κ2) is 4.24. The summed E-state index contributed by atoms with van der Waals surface area (Å²) in [7, 11) is 0. The zero-order chi connectivity index (χ0) is 10.4. The quantitative estimate of drug-likeness (QED) is 0.776. The van der Waals surface area contributed by atoms with E-state index in [-0.39, 0.29) is 18.2 Å². The molecule has 1 aromatic rings. The van der Waals surface area contributed by atoms with Crippen molar-refractivity contribution in [3.05, 3.63) is 29.6 Å². The minimum absolute atomic E-state index is 0. The first kappa shape index (κ1) is 11.7. The number of rotatable bonds is 0. The van der Waals surface area contributed by atoms with E-state index in [1.165, 1.54) is 23.9 Å². The summed E-state index contributed by atoms with van der Waals surface area (Å²) in [6, 6.07) is 4.58. The molecule has 1 fully saturated rings. The summed E-state index contributed by atoms with van der Waals surface area (Å²) in [5.74, 6) is 0.366. The number of hydrogen-bond acceptors (Lipinski definition) is 4. The van der Waals surface area contributed by atoms with Crippen molar-refractivity contribution in [2.45, 2.75) is 12.8 Å². The van der Waals surface area contributed by atoms with Crippen LogP contribution in [0.15, 0.2) is 23.2 Å². The Morgan fingerprint density at radius 3 is 3.12 bits per heavy atom. The van der Waals surface area contributed by atoms with Gasteiger partial charge in [0.25, 0.3) is 0 Å². The molecule has 6 heteroatoms. The van der Waals surface area contributed by atoms with Gasteiger partial charge in [0, 0.05) is 12.3 Å². The molecule has 0 aliphatic carbocycles. The van der Waals surface area contributed by atoms with Gasteiger partial charge in [0.1, 0.15) is 12.0 Å². The Bertz CT molecular complexity index is 454. The van der Waals surface area contributed by atoms with Gasteiger partial charge in [-0.3, -0.25) is 0 Å². The van der Waals surface area contributed by atoms with E-state index >= 15 is 0 Å². The highest BCUT2D eigenvalue weighted by molar-refractivity contribution is 8.14. The summed E-state index contributed by atoms with van der Waals surface area (Å²) < 4.78 is 13.0. The number of nitrogens with zero attached hydrogens (tertiary/aromatic N) is 2. The fourth-order valence-electron chi connectivity index (χ4n) is 1.78. The van der Waals surface area contributed by atoms with Crippen molar-refractivity contribution < 1.29 is 9.50 Å². The lowest BCUT2D eigenvalue weighted by atomic mass is 10.1. The molecule has 2 aliphatic rings. The number of halogens is 2. The van der Waals surface area contributed by atoms with E-state index in [4.69, 9.17) is 0 Å². The molecule has 1 atom stereocenters. The van der Waals surface area contributed by atoms with Gasteiger partial charge in [0.05, 0.1) is 5.69 Å². The Balaban J connectivity index is 0.000000963. The molecule has 0 amide bonds. The van der Waals surface area contributed by atoms with E-state index < -0.39 is 6.23 Å². The summed E-state index contributed by atoms with van der Waals surface area (Å²) in [5, 5.41) is 10.4. The van der Waals surface area contributed by atoms with E-state index in [0.29, 0.717) is 18.0 Å². The van der Waals surface area contributed by atoms with Gasteiger partial charge in [0.2, 0.25) is 0 Å². The van der Waals surface area contributed by atoms with Crippen LogP contribution in [0.5, 0.6) is 0 Å². The molecule has 1 unspecified atom stereocenters. The van der Waals surface area contributed by atoms with Gasteiger partial charge in [-0.2, -0.15) is 0 Å². The van der Waals surface area contributed by atoms with Crippen LogP contribution < -0.4 is 0 Å². The molecule has 2 heterocycles. The first-order valence-corrected chi connectivity index (χ1v) is 5.67. The summed E-state index contributed by atoms with van der Waals surface area (Å²) in [5.41, 5.74) is 1.64. The topological polar surface area (TPSA) is 35.8 Å². The van der Waals surface area contributed by atoms with Crippen LogP contribution in [0.1, 0.15) is 5.56 Å². The number of amidine groups is 1. The monoisotopic (exact) mass is 260 g/mol. The maximum atomic E-state index is 13.0. The lowest BCUT2D eigenvalue weighted by molar-refractivity contribution is 0.0770. The summed E-state index contributed by atoms with van der Waals surface area (Å²) >= 11 is 1.51. The molecule has 0 radical (unpaired) electrons. The molecular formula is C10H10ClFN2OS. The molecule has 1 aromatic carbocycles. The largest absolute Gasteiger partial charge is 0.373 e. The maximum Gasteiger partial charge on any atom is 0.166 e. The molecule has 1 N–H and O–H groups in total. The van der Waals surface area contributed by atoms with Crippen LogP contribution in [-0.4, -0.2) is 27.2 Å². The van der Waals surface area contributed by atoms with E-state index in [0.717, 1.165) is 10.7 Å². The summed E-state index contributed by atoms with van der Waals surface area (Å²) in [6.07, 6.45) is -0.466. The van der Waals surface area contributed by atoms with Crippen molar-refractivity contribution in [3.8, 4) is 0 Å². The smallest absolute Gasteiger partial charge is 0.166 e. The van der Waals surface area contributed by atoms with Gasteiger partial charge in [0.15, 0.2) is 5.17 Å². The van der Waals surface area contributed by atoms with Crippen LogP contribution in [0.25, 0.3) is 0 Å². The van der Waals surface area contributed by atoms with Crippen molar-refractivity contribution in [2.75, 3.05) is 5.75 Å². The SMILES string of the molecule is Cl.OC1CSC2=Nc3cc(F)ccc3CN21. The molecular weight excluding hydrogens is 251 g/mol. The highest BCUT2D eigenvalue weighted by Gasteiger charge is 2.31. The lowest BCUT2D eigenvalue weighted by Gasteiger charge is -2.26. The van der Waals surface area contributed by atoms with Crippen LogP contribution in [0.3, 0.4) is 0 Å². The van der Waals surface area contributed by atoms with Gasteiger partial charge in [-0.1, -0.05) is 17.8 Å². The number of fused-ring (bicyclic) bond motifs is 2. The van der Waals surface area contributed by atoms with Gasteiger partial charge in [-0.15, -0.1) is 12.4 Å². The van der Waals surface area contributed by atoms with Crippen LogP contribution >= 0.6 is 24.2 Å². The fourth-order valence-corrected chi connectivity index (χ4v) is 2.77. The Kier molecular flexibility index (Phi) is 3.10. The highest BCUT2D eigenvalue weighted by Crippen LogP contribution is 2.34. The summed E-state index contributed by atoms with van der Waals surface area (Å²) in [6.45, 7) is 0.614. The number of thioether (sulfide) groups is 1. The Morgan fingerprint density at radius 1 is 1.50 bits per heavy atom. The summed E-state index contributed by atoms with van der Waals surface area (Å²) in [4.78, 5) is 6.16. The minimum atomic E-state index is -0.466. The fraction of sp³-hybridized carbons (Fsp3) is 0.300. The predicted molar refractivity (Wildman–Crippen MR) is 64.8 cm³/mol. The molecule has 0 saturated carbocycles.